The SMILES string of the molecule is CCC=O.c1c[nH]cn1. The van der Waals surface area contributed by atoms with Gasteiger partial charge in [-0.3, -0.25) is 0 Å². The third kappa shape index (κ3) is 6.88. The van der Waals surface area contributed by atoms with Gasteiger partial charge in [0.2, 0.25) is 0 Å². The van der Waals surface area contributed by atoms with Crippen LogP contribution in [0.25, 0.3) is 0 Å². The van der Waals surface area contributed by atoms with E-state index < -0.39 is 0 Å². The molecule has 0 atom stereocenters. The van der Waals surface area contributed by atoms with Gasteiger partial charge >= 0.3 is 0 Å². The summed E-state index contributed by atoms with van der Waals surface area (Å²) in [7, 11) is 0. The van der Waals surface area contributed by atoms with Crippen LogP contribution in [0.3, 0.4) is 0 Å². The molecular formula is C6H10N2O. The highest BCUT2D eigenvalue weighted by atomic mass is 16.1. The van der Waals surface area contributed by atoms with E-state index in [4.69, 9.17) is 0 Å². The zero-order valence-electron chi connectivity index (χ0n) is 5.37. The number of nitrogens with one attached hydrogen (secondary N) is 1. The van der Waals surface area contributed by atoms with Gasteiger partial charge in [-0.1, -0.05) is 6.92 Å². The lowest BCUT2D eigenvalue weighted by Crippen LogP contribution is -1.55. The Bertz CT molecular complexity index is 108. The summed E-state index contributed by atoms with van der Waals surface area (Å²) < 4.78 is 0. The number of aldehydes is 1. The van der Waals surface area contributed by atoms with E-state index in [-0.39, 0.29) is 0 Å². The Kier molecular flexibility index (Phi) is 6.02. The predicted octanol–water partition coefficient (Wildman–Crippen LogP) is 1.00. The molecule has 0 saturated carbocycles. The number of rotatable bonds is 1. The monoisotopic (exact) mass is 126 g/mol. The molecule has 3 nitrogen and oxygen atoms in total. The molecule has 1 rings (SSSR count). The van der Waals surface area contributed by atoms with Crippen LogP contribution in [-0.4, -0.2) is 16.3 Å². The minimum Gasteiger partial charge on any atom is -0.351 e. The van der Waals surface area contributed by atoms with Crippen LogP contribution in [0.5, 0.6) is 0 Å². The molecule has 0 aliphatic heterocycles. The number of aromatic amines is 1. The molecule has 0 aliphatic rings. The zero-order chi connectivity index (χ0) is 6.95. The lowest BCUT2D eigenvalue weighted by atomic mass is 10.6. The molecule has 0 unspecified atom stereocenters. The number of imidazole rings is 1. The van der Waals surface area contributed by atoms with E-state index in [0.717, 1.165) is 6.29 Å². The van der Waals surface area contributed by atoms with Crippen LogP contribution in [0, 0.1) is 0 Å². The molecule has 0 bridgehead atoms. The topological polar surface area (TPSA) is 45.8 Å². The van der Waals surface area contributed by atoms with Crippen molar-refractivity contribution in [3.63, 3.8) is 0 Å². The van der Waals surface area contributed by atoms with Crippen molar-refractivity contribution in [3.8, 4) is 0 Å². The van der Waals surface area contributed by atoms with Crippen molar-refractivity contribution in [2.24, 2.45) is 0 Å². The van der Waals surface area contributed by atoms with Crippen molar-refractivity contribution < 1.29 is 4.79 Å². The molecule has 0 fully saturated rings. The average Bonchev–Trinajstić information content (AvgIpc) is 2.43. The van der Waals surface area contributed by atoms with Gasteiger partial charge in [-0.15, -0.1) is 0 Å². The van der Waals surface area contributed by atoms with Gasteiger partial charge in [0.05, 0.1) is 6.33 Å². The first kappa shape index (κ1) is 7.88. The lowest BCUT2D eigenvalue weighted by molar-refractivity contribution is -0.107. The van der Waals surface area contributed by atoms with Crippen LogP contribution in [0.4, 0.5) is 0 Å². The fraction of sp³-hybridized carbons (Fsp3) is 0.333. The molecule has 0 amide bonds. The third-order valence-corrected chi connectivity index (χ3v) is 0.573. The Morgan fingerprint density at radius 1 is 1.78 bits per heavy atom. The number of hydrogen-bond donors (Lipinski definition) is 1. The maximum atomic E-state index is 9.17. The molecule has 0 aliphatic carbocycles. The summed E-state index contributed by atoms with van der Waals surface area (Å²) in [6, 6.07) is 0. The van der Waals surface area contributed by atoms with Gasteiger partial charge < -0.3 is 9.78 Å². The van der Waals surface area contributed by atoms with Crippen molar-refractivity contribution in [2.75, 3.05) is 0 Å². The normalized spacial score (nSPS) is 7.22. The Labute approximate surface area is 54.1 Å². The Morgan fingerprint density at radius 3 is 2.56 bits per heavy atom. The molecule has 1 heterocycles. The smallest absolute Gasteiger partial charge is 0.119 e. The summed E-state index contributed by atoms with van der Waals surface area (Å²) in [6.45, 7) is 1.81. The second kappa shape index (κ2) is 6.88. The minimum absolute atomic E-state index is 0.639. The molecule has 1 aromatic heterocycles. The predicted molar refractivity (Wildman–Crippen MR) is 34.9 cm³/mol. The fourth-order valence-corrected chi connectivity index (χ4v) is 0.215. The van der Waals surface area contributed by atoms with Gasteiger partial charge in [-0.2, -0.15) is 0 Å². The first-order valence-corrected chi connectivity index (χ1v) is 2.78. The summed E-state index contributed by atoms with van der Waals surface area (Å²) in [5.41, 5.74) is 0. The number of hydrogen-bond acceptors (Lipinski definition) is 2. The van der Waals surface area contributed by atoms with E-state index in [1.165, 1.54) is 0 Å². The van der Waals surface area contributed by atoms with E-state index in [0.29, 0.717) is 6.42 Å². The summed E-state index contributed by atoms with van der Waals surface area (Å²) in [4.78, 5) is 15.6. The summed E-state index contributed by atoms with van der Waals surface area (Å²) in [5, 5.41) is 0. The molecule has 0 saturated heterocycles. The van der Waals surface area contributed by atoms with Crippen LogP contribution in [0.1, 0.15) is 13.3 Å². The second-order valence-corrected chi connectivity index (χ2v) is 1.34. The van der Waals surface area contributed by atoms with Crippen molar-refractivity contribution in [3.05, 3.63) is 18.7 Å². The van der Waals surface area contributed by atoms with Gasteiger partial charge in [0.25, 0.3) is 0 Å². The number of aromatic nitrogens is 2. The Morgan fingerprint density at radius 2 is 2.44 bits per heavy atom. The number of carbonyl (C=O) groups excluding carboxylic acids is 1. The first-order valence-electron chi connectivity index (χ1n) is 2.78. The molecule has 9 heavy (non-hydrogen) atoms. The van der Waals surface area contributed by atoms with Crippen LogP contribution >= 0.6 is 0 Å². The molecule has 0 aromatic carbocycles. The van der Waals surface area contributed by atoms with E-state index in [1.54, 1.807) is 18.7 Å². The van der Waals surface area contributed by atoms with Crippen LogP contribution in [-0.2, 0) is 4.79 Å². The maximum absolute atomic E-state index is 9.17. The largest absolute Gasteiger partial charge is 0.351 e. The first-order chi connectivity index (χ1) is 4.41. The Hall–Kier alpha value is -1.12. The van der Waals surface area contributed by atoms with E-state index in [9.17, 15) is 4.79 Å². The van der Waals surface area contributed by atoms with Gasteiger partial charge in [0.15, 0.2) is 0 Å². The Balaban J connectivity index is 0.000000148. The van der Waals surface area contributed by atoms with Crippen LogP contribution < -0.4 is 0 Å². The zero-order valence-corrected chi connectivity index (χ0v) is 5.37. The van der Waals surface area contributed by atoms with Crippen molar-refractivity contribution >= 4 is 6.29 Å². The molecule has 0 spiro atoms. The van der Waals surface area contributed by atoms with Gasteiger partial charge in [-0.05, 0) is 0 Å². The van der Waals surface area contributed by atoms with Crippen molar-refractivity contribution in [1.82, 2.24) is 9.97 Å². The van der Waals surface area contributed by atoms with E-state index in [2.05, 4.69) is 9.97 Å². The lowest BCUT2D eigenvalue weighted by Gasteiger charge is -1.51. The standard InChI is InChI=1S/C3H4N2.C3H6O/c1-2-5-3-4-1;1-2-3-4/h1-3H,(H,4,5);3H,2H2,1H3. The molecular weight excluding hydrogens is 116 g/mol. The number of H-pyrrole nitrogens is 1. The summed E-state index contributed by atoms with van der Waals surface area (Å²) in [6.07, 6.45) is 6.60. The third-order valence-electron chi connectivity index (χ3n) is 0.573. The van der Waals surface area contributed by atoms with Gasteiger partial charge in [0.1, 0.15) is 6.29 Å². The summed E-state index contributed by atoms with van der Waals surface area (Å²) in [5.74, 6) is 0. The fourth-order valence-electron chi connectivity index (χ4n) is 0.215. The van der Waals surface area contributed by atoms with Crippen LogP contribution in [0.15, 0.2) is 18.7 Å². The van der Waals surface area contributed by atoms with Crippen LogP contribution in [0.2, 0.25) is 0 Å². The van der Waals surface area contributed by atoms with Crippen molar-refractivity contribution in [2.45, 2.75) is 13.3 Å². The minimum atomic E-state index is 0.639. The quantitative estimate of drug-likeness (QED) is 0.570. The second-order valence-electron chi connectivity index (χ2n) is 1.34. The highest BCUT2D eigenvalue weighted by molar-refractivity contribution is 5.48. The summed E-state index contributed by atoms with van der Waals surface area (Å²) >= 11 is 0. The molecule has 50 valence electrons. The molecule has 1 N–H and O–H groups in total. The van der Waals surface area contributed by atoms with Gasteiger partial charge in [-0.25, -0.2) is 4.98 Å². The van der Waals surface area contributed by atoms with E-state index in [1.807, 2.05) is 6.92 Å². The van der Waals surface area contributed by atoms with Gasteiger partial charge in [0, 0.05) is 18.8 Å². The highest BCUT2D eigenvalue weighted by Crippen LogP contribution is 1.62. The number of carbonyl (C=O) groups is 1. The molecule has 0 radical (unpaired) electrons. The molecule has 1 aromatic rings. The van der Waals surface area contributed by atoms with Crippen molar-refractivity contribution in [1.29, 1.82) is 0 Å². The highest BCUT2D eigenvalue weighted by Gasteiger charge is 1.56. The maximum Gasteiger partial charge on any atom is 0.119 e. The average molecular weight is 126 g/mol. The molecule has 3 heteroatoms. The van der Waals surface area contributed by atoms with E-state index >= 15 is 0 Å². The number of nitrogens with zero attached hydrogens (tertiary/aromatic N) is 1.